The van der Waals surface area contributed by atoms with Gasteiger partial charge in [-0.05, 0) is 42.0 Å². The number of H-pyrrole nitrogens is 1. The van der Waals surface area contributed by atoms with E-state index in [1.54, 1.807) is 30.5 Å². The Balaban J connectivity index is 1.83. The summed E-state index contributed by atoms with van der Waals surface area (Å²) in [4.78, 5) is 12.1. The van der Waals surface area contributed by atoms with Crippen molar-refractivity contribution in [1.82, 2.24) is 10.2 Å². The largest absolute Gasteiger partial charge is 0.399 e. The first-order chi connectivity index (χ1) is 9.22. The van der Waals surface area contributed by atoms with Crippen molar-refractivity contribution in [3.63, 3.8) is 0 Å². The molecule has 0 radical (unpaired) electrons. The Morgan fingerprint density at radius 1 is 1.16 bits per heavy atom. The van der Waals surface area contributed by atoms with Gasteiger partial charge >= 0.3 is 0 Å². The molecule has 3 N–H and O–H groups in total. The molecule has 4 heteroatoms. The van der Waals surface area contributed by atoms with Crippen molar-refractivity contribution in [2.75, 3.05) is 5.73 Å². The molecule has 1 aromatic heterocycles. The lowest BCUT2D eigenvalue weighted by Crippen LogP contribution is -2.03. The number of Topliss-reactive ketones (excluding diaryl/α,β-unsaturated/α-hetero) is 1. The summed E-state index contributed by atoms with van der Waals surface area (Å²) in [6.07, 6.45) is 2.14. The lowest BCUT2D eigenvalue weighted by Gasteiger charge is -2.02. The first-order valence-electron chi connectivity index (χ1n) is 6.03. The number of nitrogens with zero attached hydrogens (tertiary/aromatic N) is 1. The number of carbonyl (C=O) groups excluding carboxylic acids is 1. The van der Waals surface area contributed by atoms with Gasteiger partial charge in [0.2, 0.25) is 0 Å². The summed E-state index contributed by atoms with van der Waals surface area (Å²) < 4.78 is 0. The van der Waals surface area contributed by atoms with E-state index >= 15 is 0 Å². The molecule has 0 saturated heterocycles. The number of nitrogens with two attached hydrogens (primary N) is 1. The van der Waals surface area contributed by atoms with Crippen LogP contribution < -0.4 is 5.73 Å². The van der Waals surface area contributed by atoms with Crippen LogP contribution >= 0.6 is 0 Å². The van der Waals surface area contributed by atoms with Gasteiger partial charge in [0.25, 0.3) is 0 Å². The number of nitrogens with one attached hydrogen (secondary N) is 1. The van der Waals surface area contributed by atoms with Crippen molar-refractivity contribution in [3.8, 4) is 0 Å². The van der Waals surface area contributed by atoms with Crippen LogP contribution in [0.1, 0.15) is 15.9 Å². The van der Waals surface area contributed by atoms with Crippen molar-refractivity contribution >= 4 is 22.4 Å². The van der Waals surface area contributed by atoms with Crippen LogP contribution in [0.15, 0.2) is 48.7 Å². The molecule has 0 amide bonds. The summed E-state index contributed by atoms with van der Waals surface area (Å²) in [5.41, 5.74) is 8.91. The van der Waals surface area contributed by atoms with Crippen molar-refractivity contribution in [3.05, 3.63) is 59.8 Å². The quantitative estimate of drug-likeness (QED) is 0.555. The highest BCUT2D eigenvalue weighted by atomic mass is 16.1. The number of fused-ring (bicyclic) bond motifs is 1. The highest BCUT2D eigenvalue weighted by Gasteiger charge is 2.07. The fourth-order valence-corrected chi connectivity index (χ4v) is 2.06. The number of aromatic nitrogens is 2. The second kappa shape index (κ2) is 4.57. The van der Waals surface area contributed by atoms with Gasteiger partial charge in [-0.1, -0.05) is 6.07 Å². The minimum Gasteiger partial charge on any atom is -0.399 e. The van der Waals surface area contributed by atoms with Crippen LogP contribution in [0.2, 0.25) is 0 Å². The van der Waals surface area contributed by atoms with Crippen LogP contribution in [0.5, 0.6) is 0 Å². The number of nitrogen functional groups attached to an aromatic ring is 1. The third kappa shape index (κ3) is 2.33. The molecule has 0 aliphatic heterocycles. The summed E-state index contributed by atoms with van der Waals surface area (Å²) in [6, 6.07) is 12.9. The van der Waals surface area contributed by atoms with E-state index in [1.165, 1.54) is 0 Å². The fraction of sp³-hybridized carbons (Fsp3) is 0.0667. The van der Waals surface area contributed by atoms with Gasteiger partial charge in [-0.3, -0.25) is 9.89 Å². The first-order valence-corrected chi connectivity index (χ1v) is 6.03. The van der Waals surface area contributed by atoms with E-state index in [4.69, 9.17) is 5.73 Å². The van der Waals surface area contributed by atoms with E-state index in [2.05, 4.69) is 10.2 Å². The molecule has 1 heterocycles. The second-order valence-corrected chi connectivity index (χ2v) is 4.51. The van der Waals surface area contributed by atoms with Gasteiger partial charge in [0.15, 0.2) is 5.78 Å². The molecule has 0 aliphatic rings. The van der Waals surface area contributed by atoms with Crippen molar-refractivity contribution in [2.24, 2.45) is 0 Å². The third-order valence-electron chi connectivity index (χ3n) is 3.10. The van der Waals surface area contributed by atoms with Gasteiger partial charge in [-0.2, -0.15) is 5.10 Å². The second-order valence-electron chi connectivity index (χ2n) is 4.51. The molecule has 0 spiro atoms. The normalized spacial score (nSPS) is 10.7. The third-order valence-corrected chi connectivity index (χ3v) is 3.10. The number of hydrogen-bond acceptors (Lipinski definition) is 3. The Bertz CT molecular complexity index is 728. The lowest BCUT2D eigenvalue weighted by atomic mass is 10.0. The van der Waals surface area contributed by atoms with Crippen LogP contribution in [0, 0.1) is 0 Å². The van der Waals surface area contributed by atoms with E-state index in [0.29, 0.717) is 17.7 Å². The van der Waals surface area contributed by atoms with E-state index < -0.39 is 0 Å². The number of carbonyl (C=O) groups is 1. The maximum atomic E-state index is 12.1. The predicted molar refractivity (Wildman–Crippen MR) is 75.0 cm³/mol. The van der Waals surface area contributed by atoms with E-state index in [1.807, 2.05) is 18.2 Å². The predicted octanol–water partition coefficient (Wildman–Crippen LogP) is 2.57. The molecule has 0 bridgehead atoms. The Hall–Kier alpha value is -2.62. The van der Waals surface area contributed by atoms with Crippen LogP contribution in [-0.4, -0.2) is 16.0 Å². The number of ketones is 1. The summed E-state index contributed by atoms with van der Waals surface area (Å²) in [7, 11) is 0. The summed E-state index contributed by atoms with van der Waals surface area (Å²) in [5.74, 6) is 0.0860. The highest BCUT2D eigenvalue weighted by molar-refractivity contribution is 5.98. The Morgan fingerprint density at radius 3 is 2.74 bits per heavy atom. The zero-order valence-corrected chi connectivity index (χ0v) is 10.3. The monoisotopic (exact) mass is 251 g/mol. The van der Waals surface area contributed by atoms with Gasteiger partial charge in [0.05, 0.1) is 11.7 Å². The molecule has 0 fully saturated rings. The molecule has 94 valence electrons. The maximum absolute atomic E-state index is 12.1. The van der Waals surface area contributed by atoms with Gasteiger partial charge in [0, 0.05) is 23.1 Å². The van der Waals surface area contributed by atoms with E-state index in [-0.39, 0.29) is 5.78 Å². The Morgan fingerprint density at radius 2 is 1.95 bits per heavy atom. The van der Waals surface area contributed by atoms with Crippen LogP contribution in [0.25, 0.3) is 10.9 Å². The van der Waals surface area contributed by atoms with Crippen LogP contribution in [-0.2, 0) is 6.42 Å². The van der Waals surface area contributed by atoms with Gasteiger partial charge < -0.3 is 5.73 Å². The molecule has 0 aliphatic carbocycles. The van der Waals surface area contributed by atoms with E-state index in [0.717, 1.165) is 16.5 Å². The highest BCUT2D eigenvalue weighted by Crippen LogP contribution is 2.15. The standard InChI is InChI=1S/C15H13N3O/c16-13-4-2-11(3-5-13)15(19)8-10-1-6-14-12(7-10)9-17-18-14/h1-7,9H,8,16H2,(H,17,18). The summed E-state index contributed by atoms with van der Waals surface area (Å²) in [6.45, 7) is 0. The molecular formula is C15H13N3O. The molecular weight excluding hydrogens is 238 g/mol. The van der Waals surface area contributed by atoms with Crippen LogP contribution in [0.3, 0.4) is 0 Å². The van der Waals surface area contributed by atoms with Gasteiger partial charge in [-0.15, -0.1) is 0 Å². The number of aromatic amines is 1. The van der Waals surface area contributed by atoms with Crippen molar-refractivity contribution in [1.29, 1.82) is 0 Å². The molecule has 3 rings (SSSR count). The zero-order chi connectivity index (χ0) is 13.2. The number of anilines is 1. The zero-order valence-electron chi connectivity index (χ0n) is 10.3. The topological polar surface area (TPSA) is 71.8 Å². The molecule has 4 nitrogen and oxygen atoms in total. The maximum Gasteiger partial charge on any atom is 0.167 e. The number of hydrogen-bond donors (Lipinski definition) is 2. The molecule has 3 aromatic rings. The Kier molecular flexibility index (Phi) is 2.76. The molecule has 19 heavy (non-hydrogen) atoms. The fourth-order valence-electron chi connectivity index (χ4n) is 2.06. The summed E-state index contributed by atoms with van der Waals surface area (Å²) >= 11 is 0. The summed E-state index contributed by atoms with van der Waals surface area (Å²) in [5, 5.41) is 7.87. The smallest absolute Gasteiger partial charge is 0.167 e. The average molecular weight is 251 g/mol. The molecule has 0 unspecified atom stereocenters. The first kappa shape index (κ1) is 11.5. The lowest BCUT2D eigenvalue weighted by molar-refractivity contribution is 0.0993. The average Bonchev–Trinajstić information content (AvgIpc) is 2.87. The Labute approximate surface area is 110 Å². The molecule has 2 aromatic carbocycles. The molecule has 0 saturated carbocycles. The minimum atomic E-state index is 0.0860. The van der Waals surface area contributed by atoms with Gasteiger partial charge in [0.1, 0.15) is 0 Å². The number of benzene rings is 2. The van der Waals surface area contributed by atoms with E-state index in [9.17, 15) is 4.79 Å². The number of rotatable bonds is 3. The minimum absolute atomic E-state index is 0.0860. The van der Waals surface area contributed by atoms with Crippen LogP contribution in [0.4, 0.5) is 5.69 Å². The van der Waals surface area contributed by atoms with Crippen molar-refractivity contribution < 1.29 is 4.79 Å². The van der Waals surface area contributed by atoms with Gasteiger partial charge in [-0.25, -0.2) is 0 Å². The molecule has 0 atom stereocenters. The van der Waals surface area contributed by atoms with Crippen molar-refractivity contribution in [2.45, 2.75) is 6.42 Å². The SMILES string of the molecule is Nc1ccc(C(=O)Cc2ccc3[nH]ncc3c2)cc1.